The molecule has 0 spiro atoms. The van der Waals surface area contributed by atoms with E-state index in [-0.39, 0.29) is 11.7 Å². The molecule has 2 aromatic rings. The van der Waals surface area contributed by atoms with Crippen LogP contribution in [0.5, 0.6) is 0 Å². The first-order valence-corrected chi connectivity index (χ1v) is 7.21. The number of halogens is 1. The fourth-order valence-corrected chi connectivity index (χ4v) is 2.26. The van der Waals surface area contributed by atoms with Crippen molar-refractivity contribution >= 4 is 41.1 Å². The van der Waals surface area contributed by atoms with E-state index in [2.05, 4.69) is 15.5 Å². The molecule has 0 unspecified atom stereocenters. The quantitative estimate of drug-likeness (QED) is 0.816. The highest BCUT2D eigenvalue weighted by molar-refractivity contribution is 7.99. The Kier molecular flexibility index (Phi) is 4.81. The number of anilines is 1. The normalized spacial score (nSPS) is 10.4. The second-order valence-electron chi connectivity index (χ2n) is 4.07. The Labute approximate surface area is 129 Å². The molecular weight excluding hydrogens is 314 g/mol. The van der Waals surface area contributed by atoms with Crippen molar-refractivity contribution in [3.05, 3.63) is 34.9 Å². The van der Waals surface area contributed by atoms with Gasteiger partial charge in [-0.25, -0.2) is 0 Å². The number of benzene rings is 1. The Morgan fingerprint density at radius 3 is 2.57 bits per heavy atom. The maximum absolute atomic E-state index is 11.8. The van der Waals surface area contributed by atoms with Crippen LogP contribution < -0.4 is 11.1 Å². The summed E-state index contributed by atoms with van der Waals surface area (Å²) >= 11 is 6.87. The summed E-state index contributed by atoms with van der Waals surface area (Å²) in [6.07, 6.45) is 0. The summed E-state index contributed by atoms with van der Waals surface area (Å²) < 4.78 is 1.55. The maximum atomic E-state index is 11.8. The standard InChI is InChI=1S/C12H12ClN5O2S/c1-18-11(14)16-17-12(18)21-6-9(19)15-10(20)7-2-4-8(13)5-3-7/h2-5H,6H2,1H3,(H2,14,16)(H,15,19,20). The first-order valence-electron chi connectivity index (χ1n) is 5.85. The van der Waals surface area contributed by atoms with E-state index in [0.717, 1.165) is 11.8 Å². The number of carbonyl (C=O) groups is 2. The molecule has 1 heterocycles. The Hall–Kier alpha value is -2.06. The average molecular weight is 326 g/mol. The average Bonchev–Trinajstić information content (AvgIpc) is 2.77. The van der Waals surface area contributed by atoms with Crippen LogP contribution in [-0.2, 0) is 11.8 Å². The van der Waals surface area contributed by atoms with Crippen LogP contribution in [0.4, 0.5) is 5.95 Å². The van der Waals surface area contributed by atoms with Crippen molar-refractivity contribution in [3.63, 3.8) is 0 Å². The Balaban J connectivity index is 1.88. The topological polar surface area (TPSA) is 103 Å². The van der Waals surface area contributed by atoms with Gasteiger partial charge in [-0.3, -0.25) is 19.5 Å². The van der Waals surface area contributed by atoms with Gasteiger partial charge in [-0.15, -0.1) is 10.2 Å². The molecule has 0 saturated carbocycles. The number of carbonyl (C=O) groups excluding carboxylic acids is 2. The molecule has 7 nitrogen and oxygen atoms in total. The van der Waals surface area contributed by atoms with Crippen LogP contribution in [0.1, 0.15) is 10.4 Å². The SMILES string of the molecule is Cn1c(N)nnc1SCC(=O)NC(=O)c1ccc(Cl)cc1. The monoisotopic (exact) mass is 325 g/mol. The number of hydrogen-bond donors (Lipinski definition) is 2. The van der Waals surface area contributed by atoms with Gasteiger partial charge >= 0.3 is 0 Å². The maximum Gasteiger partial charge on any atom is 0.257 e. The Bertz CT molecular complexity index is 671. The number of imide groups is 1. The number of nitrogen functional groups attached to an aromatic ring is 1. The number of nitrogens with two attached hydrogens (primary N) is 1. The molecule has 0 radical (unpaired) electrons. The number of rotatable bonds is 4. The second-order valence-corrected chi connectivity index (χ2v) is 5.45. The third kappa shape index (κ3) is 3.96. The zero-order valence-corrected chi connectivity index (χ0v) is 12.6. The molecular formula is C12H12ClN5O2S. The van der Waals surface area contributed by atoms with E-state index in [1.165, 1.54) is 0 Å². The number of nitrogens with zero attached hydrogens (tertiary/aromatic N) is 3. The van der Waals surface area contributed by atoms with Gasteiger partial charge in [0, 0.05) is 17.6 Å². The molecule has 1 aromatic carbocycles. The van der Waals surface area contributed by atoms with Gasteiger partial charge in [-0.1, -0.05) is 23.4 Å². The molecule has 3 N–H and O–H groups in total. The molecule has 2 rings (SSSR count). The van der Waals surface area contributed by atoms with Crippen molar-refractivity contribution in [2.45, 2.75) is 5.16 Å². The lowest BCUT2D eigenvalue weighted by Crippen LogP contribution is -2.31. The summed E-state index contributed by atoms with van der Waals surface area (Å²) in [5, 5.41) is 10.8. The van der Waals surface area contributed by atoms with Crippen LogP contribution in [-0.4, -0.2) is 32.3 Å². The summed E-state index contributed by atoms with van der Waals surface area (Å²) in [6.45, 7) is 0. The fourth-order valence-electron chi connectivity index (χ4n) is 1.42. The van der Waals surface area contributed by atoms with Crippen LogP contribution in [0.2, 0.25) is 5.02 Å². The minimum absolute atomic E-state index is 0.0330. The smallest absolute Gasteiger partial charge is 0.257 e. The first kappa shape index (κ1) is 15.3. The third-order valence-electron chi connectivity index (χ3n) is 2.56. The van der Waals surface area contributed by atoms with Gasteiger partial charge in [0.15, 0.2) is 5.16 Å². The highest BCUT2D eigenvalue weighted by Gasteiger charge is 2.13. The lowest BCUT2D eigenvalue weighted by molar-refractivity contribution is -0.117. The molecule has 0 bridgehead atoms. The van der Waals surface area contributed by atoms with Crippen LogP contribution in [0, 0.1) is 0 Å². The molecule has 2 amide bonds. The largest absolute Gasteiger partial charge is 0.368 e. The molecule has 0 fully saturated rings. The van der Waals surface area contributed by atoms with E-state index in [1.54, 1.807) is 35.9 Å². The van der Waals surface area contributed by atoms with E-state index in [9.17, 15) is 9.59 Å². The first-order chi connectivity index (χ1) is 9.97. The molecule has 21 heavy (non-hydrogen) atoms. The minimum Gasteiger partial charge on any atom is -0.368 e. The minimum atomic E-state index is -0.477. The zero-order valence-electron chi connectivity index (χ0n) is 11.0. The van der Waals surface area contributed by atoms with Crippen molar-refractivity contribution < 1.29 is 9.59 Å². The number of thioether (sulfide) groups is 1. The Morgan fingerprint density at radius 2 is 2.00 bits per heavy atom. The third-order valence-corrected chi connectivity index (χ3v) is 3.83. The van der Waals surface area contributed by atoms with Gasteiger partial charge in [0.05, 0.1) is 5.75 Å². The van der Waals surface area contributed by atoms with Crippen LogP contribution >= 0.6 is 23.4 Å². The van der Waals surface area contributed by atoms with Gasteiger partial charge in [-0.05, 0) is 24.3 Å². The summed E-state index contributed by atoms with van der Waals surface area (Å²) in [5.74, 6) is -0.614. The number of amides is 2. The number of hydrogen-bond acceptors (Lipinski definition) is 6. The summed E-state index contributed by atoms with van der Waals surface area (Å²) in [4.78, 5) is 23.5. The predicted molar refractivity (Wildman–Crippen MR) is 80.1 cm³/mol. The summed E-state index contributed by atoms with van der Waals surface area (Å²) in [6, 6.07) is 6.25. The fraction of sp³-hybridized carbons (Fsp3) is 0.167. The zero-order chi connectivity index (χ0) is 15.4. The number of aromatic nitrogens is 3. The van der Waals surface area contributed by atoms with Gasteiger partial charge in [-0.2, -0.15) is 0 Å². The van der Waals surface area contributed by atoms with E-state index >= 15 is 0 Å². The molecule has 1 aromatic heterocycles. The summed E-state index contributed by atoms with van der Waals surface area (Å²) in [7, 11) is 1.69. The van der Waals surface area contributed by atoms with Gasteiger partial charge in [0.25, 0.3) is 5.91 Å². The highest BCUT2D eigenvalue weighted by atomic mass is 35.5. The van der Waals surface area contributed by atoms with E-state index < -0.39 is 11.8 Å². The van der Waals surface area contributed by atoms with E-state index in [1.807, 2.05) is 0 Å². The summed E-state index contributed by atoms with van der Waals surface area (Å²) in [5.41, 5.74) is 5.89. The molecule has 0 aliphatic heterocycles. The van der Waals surface area contributed by atoms with Gasteiger partial charge in [0.1, 0.15) is 0 Å². The van der Waals surface area contributed by atoms with E-state index in [4.69, 9.17) is 17.3 Å². The molecule has 0 aliphatic rings. The van der Waals surface area contributed by atoms with Crippen LogP contribution in [0.25, 0.3) is 0 Å². The lowest BCUT2D eigenvalue weighted by Gasteiger charge is -2.04. The van der Waals surface area contributed by atoms with Crippen LogP contribution in [0.15, 0.2) is 29.4 Å². The highest BCUT2D eigenvalue weighted by Crippen LogP contribution is 2.16. The van der Waals surface area contributed by atoms with Crippen molar-refractivity contribution in [1.29, 1.82) is 0 Å². The van der Waals surface area contributed by atoms with Gasteiger partial charge < -0.3 is 5.73 Å². The van der Waals surface area contributed by atoms with E-state index in [0.29, 0.717) is 15.7 Å². The molecule has 110 valence electrons. The van der Waals surface area contributed by atoms with Crippen molar-refractivity contribution in [1.82, 2.24) is 20.1 Å². The predicted octanol–water partition coefficient (Wildman–Crippen LogP) is 1.10. The molecule has 0 saturated heterocycles. The second kappa shape index (κ2) is 6.59. The van der Waals surface area contributed by atoms with Crippen LogP contribution in [0.3, 0.4) is 0 Å². The molecule has 0 aliphatic carbocycles. The Morgan fingerprint density at radius 1 is 1.33 bits per heavy atom. The van der Waals surface area contributed by atoms with Crippen molar-refractivity contribution in [3.8, 4) is 0 Å². The molecule has 0 atom stereocenters. The lowest BCUT2D eigenvalue weighted by atomic mass is 10.2. The molecule has 9 heteroatoms. The van der Waals surface area contributed by atoms with Crippen molar-refractivity contribution in [2.75, 3.05) is 11.5 Å². The van der Waals surface area contributed by atoms with Crippen molar-refractivity contribution in [2.24, 2.45) is 7.05 Å². The van der Waals surface area contributed by atoms with Gasteiger partial charge in [0.2, 0.25) is 11.9 Å². The number of nitrogens with one attached hydrogen (secondary N) is 1.